The molecule has 5 heteroatoms. The first-order chi connectivity index (χ1) is 25.8. The van der Waals surface area contributed by atoms with Gasteiger partial charge in [0.15, 0.2) is 0 Å². The molecule has 1 aromatic carbocycles. The highest BCUT2D eigenvalue weighted by atomic mass is 79.9. The number of rotatable bonds is 8. The number of hydrogen-bond acceptors (Lipinski definition) is 3. The normalized spacial score (nSPS) is 11.4. The van der Waals surface area contributed by atoms with Gasteiger partial charge in [-0.1, -0.05) is 196 Å². The second-order valence-corrected chi connectivity index (χ2v) is 16.9. The van der Waals surface area contributed by atoms with Crippen molar-refractivity contribution in [2.75, 3.05) is 36.4 Å². The number of allylic oxidation sites excluding steroid dienone is 1. The zero-order valence-electron chi connectivity index (χ0n) is 42.5. The number of alkyl halides is 2. The highest BCUT2D eigenvalue weighted by Crippen LogP contribution is 2.10. The van der Waals surface area contributed by atoms with E-state index in [9.17, 15) is 0 Å². The van der Waals surface area contributed by atoms with E-state index in [1.54, 1.807) is 0 Å². The van der Waals surface area contributed by atoms with Crippen molar-refractivity contribution >= 4 is 39.3 Å². The molecule has 0 amide bonds. The van der Waals surface area contributed by atoms with Crippen LogP contribution < -0.4 is 0 Å². The third-order valence-electron chi connectivity index (χ3n) is 4.61. The molecule has 1 heterocycles. The third-order valence-corrected chi connectivity index (χ3v) is 6.36. The Kier molecular flexibility index (Phi) is 124. The number of thioether (sulfide) groups is 1. The summed E-state index contributed by atoms with van der Waals surface area (Å²) in [5, 5.41) is 1.13. The lowest BCUT2D eigenvalue weighted by Crippen LogP contribution is -2.14. The Hall–Kier alpha value is 0. The molecule has 1 aliphatic rings. The summed E-state index contributed by atoms with van der Waals surface area (Å²) in [4.78, 5) is 0. The molecule has 1 fully saturated rings. The Balaban J connectivity index is -0.0000000511. The highest BCUT2D eigenvalue weighted by Gasteiger charge is 2.05. The van der Waals surface area contributed by atoms with E-state index in [4.69, 9.17) is 21.1 Å². The Bertz CT molecular complexity index is 583. The van der Waals surface area contributed by atoms with Crippen LogP contribution in [-0.2, 0) is 15.9 Å². The Labute approximate surface area is 371 Å². The van der Waals surface area contributed by atoms with Crippen molar-refractivity contribution in [3.8, 4) is 0 Å². The van der Waals surface area contributed by atoms with Gasteiger partial charge in [0, 0.05) is 24.4 Å². The number of unbranched alkanes of at least 4 members (excludes halogenated alkanes) is 1. The molecule has 0 aliphatic carbocycles. The van der Waals surface area contributed by atoms with Gasteiger partial charge >= 0.3 is 0 Å². The van der Waals surface area contributed by atoms with Crippen LogP contribution in [0, 0.1) is 11.3 Å². The number of hydrogen-bond donors (Lipinski definition) is 0. The van der Waals surface area contributed by atoms with Gasteiger partial charge in [0.25, 0.3) is 0 Å². The molecular weight excluding hydrogens is 780 g/mol. The lowest BCUT2D eigenvalue weighted by Gasteiger charge is -2.17. The van der Waals surface area contributed by atoms with E-state index < -0.39 is 0 Å². The summed E-state index contributed by atoms with van der Waals surface area (Å²) < 4.78 is 10.3. The minimum absolute atomic E-state index is 0.398. The maximum Gasteiger partial charge on any atom is 0.0547 e. The fourth-order valence-corrected chi connectivity index (χ4v) is 1.95. The van der Waals surface area contributed by atoms with Crippen LogP contribution in [0.5, 0.6) is 0 Å². The third kappa shape index (κ3) is 216. The SMILES string of the molecule is C=CCC.CC.CC(C)(C)C.CC(C)C.CC1CCCCO1.CCC.CCCBr.CCCC.CCCCl.CCOC(C)C.CCSC.CCc1ccccc1. The molecule has 1 aliphatic heterocycles. The number of halogens is 2. The summed E-state index contributed by atoms with van der Waals surface area (Å²) in [6, 6.07) is 10.5. The maximum absolute atomic E-state index is 5.28. The molecule has 0 bridgehead atoms. The van der Waals surface area contributed by atoms with Gasteiger partial charge < -0.3 is 9.47 Å². The Morgan fingerprint density at radius 2 is 1.18 bits per heavy atom. The smallest absolute Gasteiger partial charge is 0.0547 e. The van der Waals surface area contributed by atoms with Gasteiger partial charge in [0.2, 0.25) is 0 Å². The lowest BCUT2D eigenvalue weighted by molar-refractivity contribution is 0.0285. The van der Waals surface area contributed by atoms with Gasteiger partial charge in [-0.05, 0) is 102 Å². The number of aryl methyl sites for hydroxylation is 1. The molecule has 1 saturated heterocycles. The van der Waals surface area contributed by atoms with Gasteiger partial charge in [-0.3, -0.25) is 0 Å². The predicted molar refractivity (Wildman–Crippen MR) is 275 cm³/mol. The van der Waals surface area contributed by atoms with Crippen LogP contribution in [0.25, 0.3) is 0 Å². The first-order valence-corrected chi connectivity index (χ1v) is 25.4. The van der Waals surface area contributed by atoms with Crippen LogP contribution in [0.15, 0.2) is 43.0 Å². The minimum Gasteiger partial charge on any atom is -0.379 e. The van der Waals surface area contributed by atoms with E-state index in [0.717, 1.165) is 49.6 Å². The Morgan fingerprint density at radius 3 is 1.27 bits per heavy atom. The van der Waals surface area contributed by atoms with Crippen molar-refractivity contribution in [3.63, 3.8) is 0 Å². The van der Waals surface area contributed by atoms with E-state index >= 15 is 0 Å². The summed E-state index contributed by atoms with van der Waals surface area (Å²) in [6.07, 6.45) is 17.2. The average molecular weight is 891 g/mol. The molecule has 0 spiro atoms. The quantitative estimate of drug-likeness (QED) is 0.191. The Morgan fingerprint density at radius 1 is 0.836 bits per heavy atom. The largest absolute Gasteiger partial charge is 0.379 e. The molecule has 1 aromatic rings. The maximum atomic E-state index is 5.28. The highest BCUT2D eigenvalue weighted by molar-refractivity contribution is 9.09. The molecule has 55 heavy (non-hydrogen) atoms. The van der Waals surface area contributed by atoms with Crippen molar-refractivity contribution in [2.24, 2.45) is 11.3 Å². The van der Waals surface area contributed by atoms with Gasteiger partial charge in [-0.2, -0.15) is 11.8 Å². The van der Waals surface area contributed by atoms with Crippen LogP contribution in [-0.4, -0.2) is 48.6 Å². The fourth-order valence-electron chi connectivity index (χ4n) is 1.95. The van der Waals surface area contributed by atoms with Crippen LogP contribution in [0.3, 0.4) is 0 Å². The monoisotopic (exact) mass is 889 g/mol. The standard InChI is InChI=1S/C8H10.C6H12O.C5H12O.C5H12.2C4H10.C4H8.C3H7Br.C3H7Cl.C3H8S.C3H8.C2H6/c1-2-8-6-4-3-5-7-8;1-6-4-2-3-5-7-6;1-4-6-5(2)3;1-5(2,3)4;1-4(2)3;2*1-3-4-2;2*1-2-3-4;1-3-4-2;1-3-2;1-2/h3-7H,2H2,1H3;6H,2-5H2,1H3;5H,4H2,1-3H3;1-4H3;4H,1-3H3;3-4H2,1-2H3;3H,1,4H2,2H3;2*2-3H2,1H3;3H2,1-2H3;3H2,1-2H3;1-2H3. The first kappa shape index (κ1) is 79.2. The van der Waals surface area contributed by atoms with Gasteiger partial charge in [-0.15, -0.1) is 18.2 Å². The fraction of sp³-hybridized carbons (Fsp3) is 0.840. The molecule has 342 valence electrons. The summed E-state index contributed by atoms with van der Waals surface area (Å²) in [5.41, 5.74) is 1.91. The molecule has 0 saturated carbocycles. The zero-order chi connectivity index (χ0) is 45.8. The van der Waals surface area contributed by atoms with Gasteiger partial charge in [0.05, 0.1) is 12.2 Å². The van der Waals surface area contributed by atoms with Crippen molar-refractivity contribution in [1.29, 1.82) is 0 Å². The topological polar surface area (TPSA) is 18.5 Å². The average Bonchev–Trinajstić information content (AvgIpc) is 3.16. The van der Waals surface area contributed by atoms with Gasteiger partial charge in [-0.25, -0.2) is 0 Å². The molecule has 0 N–H and O–H groups in total. The molecular formula is C50H110BrClO2S. The van der Waals surface area contributed by atoms with E-state index in [1.165, 1.54) is 56.3 Å². The van der Waals surface area contributed by atoms with Crippen LogP contribution in [0.2, 0.25) is 0 Å². The summed E-state index contributed by atoms with van der Waals surface area (Å²) in [7, 11) is 0. The van der Waals surface area contributed by atoms with Crippen molar-refractivity contribution in [1.82, 2.24) is 0 Å². The van der Waals surface area contributed by atoms with Gasteiger partial charge in [0.1, 0.15) is 0 Å². The van der Waals surface area contributed by atoms with E-state index in [-0.39, 0.29) is 0 Å². The molecule has 0 aromatic heterocycles. The van der Waals surface area contributed by atoms with Crippen molar-refractivity contribution in [2.45, 2.75) is 229 Å². The zero-order valence-corrected chi connectivity index (χ0v) is 45.6. The number of benzene rings is 1. The van der Waals surface area contributed by atoms with Crippen LogP contribution in [0.4, 0.5) is 0 Å². The predicted octanol–water partition coefficient (Wildman–Crippen LogP) is 19.6. The number of ether oxygens (including phenoxy) is 2. The molecule has 1 unspecified atom stereocenters. The summed E-state index contributed by atoms with van der Waals surface area (Å²) in [5.74, 6) is 2.86. The minimum atomic E-state index is 0.398. The lowest BCUT2D eigenvalue weighted by atomic mass is 10.0. The van der Waals surface area contributed by atoms with Crippen molar-refractivity contribution in [3.05, 3.63) is 48.6 Å². The molecule has 1 atom stereocenters. The summed E-state index contributed by atoms with van der Waals surface area (Å²) >= 11 is 10.3. The van der Waals surface area contributed by atoms with Crippen LogP contribution >= 0.6 is 39.3 Å². The second kappa shape index (κ2) is 86.0. The van der Waals surface area contributed by atoms with E-state index in [2.05, 4.69) is 164 Å². The molecule has 2 nitrogen and oxygen atoms in total. The summed E-state index contributed by atoms with van der Waals surface area (Å²) in [6.45, 7) is 51.9. The first-order valence-electron chi connectivity index (χ1n) is 22.3. The van der Waals surface area contributed by atoms with E-state index in [0.29, 0.717) is 17.6 Å². The van der Waals surface area contributed by atoms with Crippen LogP contribution in [0.1, 0.15) is 216 Å². The second-order valence-electron chi connectivity index (χ2n) is 14.6. The molecule has 2 rings (SSSR count). The van der Waals surface area contributed by atoms with E-state index in [1.807, 2.05) is 65.4 Å². The molecule has 0 radical (unpaired) electrons. The van der Waals surface area contributed by atoms with Crippen molar-refractivity contribution < 1.29 is 9.47 Å².